The quantitative estimate of drug-likeness (QED) is 0.245. The number of carbonyl (C=O) groups is 1. The molecule has 2 fully saturated rings. The van der Waals surface area contributed by atoms with Gasteiger partial charge in [0, 0.05) is 42.4 Å². The van der Waals surface area contributed by atoms with Crippen molar-refractivity contribution in [3.63, 3.8) is 0 Å². The standard InChI is InChI=1S/C30H31FN8O/c31-23-15-19(20-13-21(17-32-16-20)34-30(40)18-7-3-1-4-8-18)14-22-25(23)37-38-26(22)28-35-24-9-10-33-29(27(24)36-28)39-11-5-2-6-12-39/h9-10,13-18H,1-8,11-12H2,(H,34,40)(H,35,36)(H,37,38). The Balaban J connectivity index is 1.23. The van der Waals surface area contributed by atoms with E-state index in [1.54, 1.807) is 18.6 Å². The van der Waals surface area contributed by atoms with Crippen molar-refractivity contribution in [2.45, 2.75) is 51.4 Å². The summed E-state index contributed by atoms with van der Waals surface area (Å²) in [4.78, 5) is 32.3. The number of amides is 1. The number of halogens is 1. The monoisotopic (exact) mass is 538 g/mol. The van der Waals surface area contributed by atoms with Gasteiger partial charge in [-0.2, -0.15) is 5.10 Å². The van der Waals surface area contributed by atoms with E-state index in [9.17, 15) is 4.79 Å². The minimum absolute atomic E-state index is 0.0284. The number of anilines is 2. The third-order valence-electron chi connectivity index (χ3n) is 8.20. The second-order valence-corrected chi connectivity index (χ2v) is 10.9. The van der Waals surface area contributed by atoms with Crippen molar-refractivity contribution in [2.24, 2.45) is 5.92 Å². The summed E-state index contributed by atoms with van der Waals surface area (Å²) in [6.45, 7) is 1.92. The fourth-order valence-corrected chi connectivity index (χ4v) is 6.07. The largest absolute Gasteiger partial charge is 0.355 e. The van der Waals surface area contributed by atoms with Crippen molar-refractivity contribution in [3.05, 3.63) is 48.7 Å². The van der Waals surface area contributed by atoms with Crippen LogP contribution < -0.4 is 10.2 Å². The summed E-state index contributed by atoms with van der Waals surface area (Å²) in [5.74, 6) is 1.06. The third-order valence-corrected chi connectivity index (χ3v) is 8.20. The zero-order valence-corrected chi connectivity index (χ0v) is 22.2. The highest BCUT2D eigenvalue weighted by Crippen LogP contribution is 2.34. The van der Waals surface area contributed by atoms with E-state index in [1.807, 2.05) is 18.2 Å². The Hall–Kier alpha value is -4.34. The molecule has 1 aliphatic heterocycles. The van der Waals surface area contributed by atoms with Gasteiger partial charge in [-0.05, 0) is 61.9 Å². The molecule has 40 heavy (non-hydrogen) atoms. The van der Waals surface area contributed by atoms with Crippen molar-refractivity contribution < 1.29 is 9.18 Å². The third kappa shape index (κ3) is 4.57. The van der Waals surface area contributed by atoms with Crippen LogP contribution in [0.3, 0.4) is 0 Å². The van der Waals surface area contributed by atoms with Crippen LogP contribution in [0.2, 0.25) is 0 Å². The molecular weight excluding hydrogens is 507 g/mol. The molecule has 0 unspecified atom stereocenters. The maximum atomic E-state index is 15.3. The lowest BCUT2D eigenvalue weighted by Crippen LogP contribution is -2.30. The molecule has 0 atom stereocenters. The summed E-state index contributed by atoms with van der Waals surface area (Å²) in [5.41, 5.74) is 4.46. The second-order valence-electron chi connectivity index (χ2n) is 10.9. The number of aromatic amines is 2. The van der Waals surface area contributed by atoms with Gasteiger partial charge in [0.05, 0.1) is 17.4 Å². The Morgan fingerprint density at radius 2 is 1.80 bits per heavy atom. The summed E-state index contributed by atoms with van der Waals surface area (Å²) >= 11 is 0. The van der Waals surface area contributed by atoms with Crippen LogP contribution in [0, 0.1) is 11.7 Å². The van der Waals surface area contributed by atoms with Crippen molar-refractivity contribution >= 4 is 39.3 Å². The highest BCUT2D eigenvalue weighted by Gasteiger charge is 2.23. The molecule has 1 aliphatic carbocycles. The number of aromatic nitrogens is 6. The highest BCUT2D eigenvalue weighted by molar-refractivity contribution is 5.98. The van der Waals surface area contributed by atoms with E-state index in [-0.39, 0.29) is 17.3 Å². The summed E-state index contributed by atoms with van der Waals surface area (Å²) in [5, 5.41) is 10.9. The van der Waals surface area contributed by atoms with E-state index in [2.05, 4.69) is 35.4 Å². The number of rotatable bonds is 5. The molecule has 0 spiro atoms. The van der Waals surface area contributed by atoms with Crippen LogP contribution in [-0.4, -0.2) is 49.1 Å². The minimum Gasteiger partial charge on any atom is -0.355 e. The van der Waals surface area contributed by atoms with Crippen LogP contribution in [-0.2, 0) is 4.79 Å². The Kier molecular flexibility index (Phi) is 6.37. The first kappa shape index (κ1) is 24.7. The lowest BCUT2D eigenvalue weighted by atomic mass is 9.88. The first-order valence-corrected chi connectivity index (χ1v) is 14.2. The molecule has 9 nitrogen and oxygen atoms in total. The number of pyridine rings is 2. The minimum atomic E-state index is -0.446. The molecular formula is C30H31FN8O. The second kappa shape index (κ2) is 10.3. The van der Waals surface area contributed by atoms with E-state index in [1.165, 1.54) is 18.9 Å². The molecule has 1 aromatic carbocycles. The number of piperidine rings is 1. The molecule has 4 aromatic heterocycles. The maximum Gasteiger partial charge on any atom is 0.227 e. The number of hydrogen-bond donors (Lipinski definition) is 3. The van der Waals surface area contributed by atoms with E-state index >= 15 is 4.39 Å². The number of carbonyl (C=O) groups excluding carboxylic acids is 1. The molecule has 7 rings (SSSR count). The number of nitrogens with zero attached hydrogens (tertiary/aromatic N) is 5. The lowest BCUT2D eigenvalue weighted by molar-refractivity contribution is -0.120. The first-order valence-electron chi connectivity index (χ1n) is 14.2. The first-order chi connectivity index (χ1) is 19.6. The van der Waals surface area contributed by atoms with E-state index in [4.69, 9.17) is 4.98 Å². The van der Waals surface area contributed by atoms with Gasteiger partial charge in [-0.1, -0.05) is 19.3 Å². The number of hydrogen-bond acceptors (Lipinski definition) is 6. The summed E-state index contributed by atoms with van der Waals surface area (Å²) in [6.07, 6.45) is 13.8. The van der Waals surface area contributed by atoms with Gasteiger partial charge in [-0.3, -0.25) is 14.9 Å². The topological polar surface area (TPSA) is 115 Å². The molecule has 1 saturated heterocycles. The maximum absolute atomic E-state index is 15.3. The van der Waals surface area contributed by atoms with Gasteiger partial charge in [0.1, 0.15) is 16.7 Å². The van der Waals surface area contributed by atoms with E-state index in [0.717, 1.165) is 68.5 Å². The Bertz CT molecular complexity index is 1700. The Labute approximate surface area is 230 Å². The highest BCUT2D eigenvalue weighted by atomic mass is 19.1. The number of nitrogens with one attached hydrogen (secondary N) is 3. The zero-order chi connectivity index (χ0) is 27.1. The van der Waals surface area contributed by atoms with Crippen LogP contribution in [0.15, 0.2) is 42.9 Å². The predicted octanol–water partition coefficient (Wildman–Crippen LogP) is 6.21. The van der Waals surface area contributed by atoms with Crippen molar-refractivity contribution in [1.82, 2.24) is 30.1 Å². The molecule has 1 saturated carbocycles. The Morgan fingerprint density at radius 1 is 0.975 bits per heavy atom. The molecule has 3 N–H and O–H groups in total. The summed E-state index contributed by atoms with van der Waals surface area (Å²) < 4.78 is 15.3. The van der Waals surface area contributed by atoms with Crippen LogP contribution >= 0.6 is 0 Å². The van der Waals surface area contributed by atoms with Crippen molar-refractivity contribution in [3.8, 4) is 22.6 Å². The average molecular weight is 539 g/mol. The fraction of sp³-hybridized carbons (Fsp3) is 0.367. The smallest absolute Gasteiger partial charge is 0.227 e. The van der Waals surface area contributed by atoms with Crippen molar-refractivity contribution in [1.29, 1.82) is 0 Å². The fourth-order valence-electron chi connectivity index (χ4n) is 6.07. The van der Waals surface area contributed by atoms with Crippen LogP contribution in [0.4, 0.5) is 15.9 Å². The molecule has 5 heterocycles. The molecule has 10 heteroatoms. The van der Waals surface area contributed by atoms with Gasteiger partial charge in [-0.25, -0.2) is 14.4 Å². The van der Waals surface area contributed by atoms with E-state index in [0.29, 0.717) is 33.7 Å². The normalized spacial score (nSPS) is 16.6. The average Bonchev–Trinajstić information content (AvgIpc) is 3.63. The SMILES string of the molecule is O=C(Nc1cncc(-c2cc(F)c3n[nH]c(-c4nc5c(N6CCCCC6)nccc5[nH]4)c3c2)c1)C1CCCCC1. The van der Waals surface area contributed by atoms with Crippen LogP contribution in [0.1, 0.15) is 51.4 Å². The number of H-pyrrole nitrogens is 2. The number of benzene rings is 1. The van der Waals surface area contributed by atoms with Gasteiger partial charge >= 0.3 is 0 Å². The van der Waals surface area contributed by atoms with E-state index < -0.39 is 5.82 Å². The molecule has 5 aromatic rings. The van der Waals surface area contributed by atoms with Gasteiger partial charge < -0.3 is 15.2 Å². The van der Waals surface area contributed by atoms with Gasteiger partial charge in [0.2, 0.25) is 5.91 Å². The zero-order valence-electron chi connectivity index (χ0n) is 22.2. The lowest BCUT2D eigenvalue weighted by Gasteiger charge is -2.27. The molecule has 1 amide bonds. The summed E-state index contributed by atoms with van der Waals surface area (Å²) in [6, 6.07) is 7.08. The van der Waals surface area contributed by atoms with Gasteiger partial charge in [0.15, 0.2) is 17.5 Å². The molecule has 0 radical (unpaired) electrons. The van der Waals surface area contributed by atoms with Crippen molar-refractivity contribution in [2.75, 3.05) is 23.3 Å². The van der Waals surface area contributed by atoms with Gasteiger partial charge in [-0.15, -0.1) is 0 Å². The number of imidazole rings is 1. The van der Waals surface area contributed by atoms with Crippen LogP contribution in [0.5, 0.6) is 0 Å². The van der Waals surface area contributed by atoms with Crippen LogP contribution in [0.25, 0.3) is 44.6 Å². The summed E-state index contributed by atoms with van der Waals surface area (Å²) in [7, 11) is 0. The molecule has 204 valence electrons. The van der Waals surface area contributed by atoms with Gasteiger partial charge in [0.25, 0.3) is 0 Å². The Morgan fingerprint density at radius 3 is 2.65 bits per heavy atom. The molecule has 2 aliphatic rings. The predicted molar refractivity (Wildman–Crippen MR) is 153 cm³/mol. The number of fused-ring (bicyclic) bond motifs is 2. The molecule has 0 bridgehead atoms.